The van der Waals surface area contributed by atoms with Gasteiger partial charge in [-0.2, -0.15) is 0 Å². The maximum atomic E-state index is 12.6. The van der Waals surface area contributed by atoms with Gasteiger partial charge in [0.25, 0.3) is 0 Å². The molecule has 4 aliphatic carbocycles. The Balaban J connectivity index is 0.000000880. The van der Waals surface area contributed by atoms with Gasteiger partial charge in [0.1, 0.15) is 0 Å². The van der Waals surface area contributed by atoms with Crippen LogP contribution in [0.15, 0.2) is 35.6 Å². The van der Waals surface area contributed by atoms with Crippen LogP contribution in [-0.4, -0.2) is 12.4 Å². The average Bonchev–Trinajstić information content (AvgIpc) is 2.87. The maximum absolute atomic E-state index is 12.6. The van der Waals surface area contributed by atoms with Crippen molar-refractivity contribution in [2.24, 2.45) is 29.1 Å². The van der Waals surface area contributed by atoms with Crippen molar-refractivity contribution in [1.29, 1.82) is 0 Å². The summed E-state index contributed by atoms with van der Waals surface area (Å²) in [7, 11) is 0. The van der Waals surface area contributed by atoms with E-state index in [2.05, 4.69) is 32.6 Å². The van der Waals surface area contributed by atoms with Crippen LogP contribution in [0.1, 0.15) is 66.2 Å². The molecule has 5 atom stereocenters. The molecule has 2 saturated carbocycles. The molecule has 4 rings (SSSR count). The molecule has 0 radical (unpaired) electrons. The second-order valence-electron chi connectivity index (χ2n) is 8.16. The molecule has 0 saturated heterocycles. The molecule has 0 spiro atoms. The standard InChI is InChI=1S/C21H28O2.C2H6/c1-4-23-15-6-8-16-14(12-15)5-7-18-17(16)9-10-21(3)19(18)11-13(2)20(21)22;1-2/h5,12,16-19H,2,4,6-11H2,1,3H3;1-2H3/t16-,17?,18?,19?,21-;/m0./s1. The third kappa shape index (κ3) is 2.92. The molecule has 0 aliphatic heterocycles. The predicted molar refractivity (Wildman–Crippen MR) is 103 cm³/mol. The van der Waals surface area contributed by atoms with Crippen LogP contribution in [0.5, 0.6) is 0 Å². The van der Waals surface area contributed by atoms with Crippen molar-refractivity contribution in [3.63, 3.8) is 0 Å². The number of carbonyl (C=O) groups excluding carboxylic acids is 1. The predicted octanol–water partition coefficient (Wildman–Crippen LogP) is 5.85. The van der Waals surface area contributed by atoms with Gasteiger partial charge in [0.05, 0.1) is 12.4 Å². The summed E-state index contributed by atoms with van der Waals surface area (Å²) in [5, 5.41) is 0. The van der Waals surface area contributed by atoms with Crippen LogP contribution in [0.4, 0.5) is 0 Å². The van der Waals surface area contributed by atoms with Crippen molar-refractivity contribution in [1.82, 2.24) is 0 Å². The minimum atomic E-state index is -0.120. The fourth-order valence-corrected chi connectivity index (χ4v) is 5.97. The van der Waals surface area contributed by atoms with E-state index in [0.29, 0.717) is 23.5 Å². The summed E-state index contributed by atoms with van der Waals surface area (Å²) in [5.74, 6) is 4.16. The smallest absolute Gasteiger partial charge is 0.164 e. The van der Waals surface area contributed by atoms with Crippen LogP contribution < -0.4 is 0 Å². The minimum absolute atomic E-state index is 0.120. The van der Waals surface area contributed by atoms with Gasteiger partial charge in [-0.05, 0) is 79.9 Å². The molecule has 0 aromatic carbocycles. The molecule has 0 aromatic heterocycles. The van der Waals surface area contributed by atoms with Gasteiger partial charge in [-0.1, -0.05) is 33.4 Å². The highest BCUT2D eigenvalue weighted by molar-refractivity contribution is 6.02. The normalized spacial score (nSPS) is 39.2. The molecule has 0 N–H and O–H groups in total. The van der Waals surface area contributed by atoms with Crippen molar-refractivity contribution < 1.29 is 9.53 Å². The molecule has 25 heavy (non-hydrogen) atoms. The average molecular weight is 343 g/mol. The number of rotatable bonds is 2. The number of ether oxygens (including phenoxy) is 1. The molecular weight excluding hydrogens is 308 g/mol. The van der Waals surface area contributed by atoms with Crippen LogP contribution in [0.25, 0.3) is 0 Å². The molecular formula is C23H34O2. The number of carbonyl (C=O) groups is 1. The fourth-order valence-electron chi connectivity index (χ4n) is 5.97. The zero-order chi connectivity index (χ0) is 18.2. The monoisotopic (exact) mass is 342 g/mol. The Kier molecular flexibility index (Phi) is 5.27. The van der Waals surface area contributed by atoms with E-state index in [0.717, 1.165) is 43.8 Å². The largest absolute Gasteiger partial charge is 0.498 e. The quantitative estimate of drug-likeness (QED) is 0.588. The number of ketones is 1. The zero-order valence-corrected chi connectivity index (χ0v) is 16.4. The molecule has 2 nitrogen and oxygen atoms in total. The van der Waals surface area contributed by atoms with E-state index in [9.17, 15) is 4.79 Å². The minimum Gasteiger partial charge on any atom is -0.498 e. The molecule has 0 aromatic rings. The summed E-state index contributed by atoms with van der Waals surface area (Å²) in [6.07, 6.45) is 11.4. The maximum Gasteiger partial charge on any atom is 0.164 e. The van der Waals surface area contributed by atoms with E-state index >= 15 is 0 Å². The highest BCUT2D eigenvalue weighted by Gasteiger charge is 2.56. The lowest BCUT2D eigenvalue weighted by Crippen LogP contribution is -2.45. The summed E-state index contributed by atoms with van der Waals surface area (Å²) in [6.45, 7) is 13.1. The Morgan fingerprint density at radius 2 is 2.04 bits per heavy atom. The lowest BCUT2D eigenvalue weighted by atomic mass is 9.53. The first-order chi connectivity index (χ1) is 12.0. The number of Topliss-reactive ketones (excluding diaryl/α,β-unsaturated/α-hetero) is 1. The summed E-state index contributed by atoms with van der Waals surface area (Å²) in [4.78, 5) is 12.6. The van der Waals surface area contributed by atoms with E-state index in [4.69, 9.17) is 4.74 Å². The van der Waals surface area contributed by atoms with Gasteiger partial charge in [-0.15, -0.1) is 0 Å². The van der Waals surface area contributed by atoms with Crippen molar-refractivity contribution in [2.75, 3.05) is 6.61 Å². The second kappa shape index (κ2) is 7.13. The van der Waals surface area contributed by atoms with Crippen LogP contribution >= 0.6 is 0 Å². The van der Waals surface area contributed by atoms with Crippen molar-refractivity contribution in [3.05, 3.63) is 35.6 Å². The van der Waals surface area contributed by atoms with Gasteiger partial charge in [-0.3, -0.25) is 4.79 Å². The van der Waals surface area contributed by atoms with Crippen molar-refractivity contribution in [3.8, 4) is 0 Å². The highest BCUT2D eigenvalue weighted by atomic mass is 16.5. The zero-order valence-electron chi connectivity index (χ0n) is 16.4. The van der Waals surface area contributed by atoms with Crippen LogP contribution in [-0.2, 0) is 9.53 Å². The summed E-state index contributed by atoms with van der Waals surface area (Å²) in [5.41, 5.74) is 2.27. The first-order valence-electron chi connectivity index (χ1n) is 10.3. The first-order valence-corrected chi connectivity index (χ1v) is 10.3. The second-order valence-corrected chi connectivity index (χ2v) is 8.16. The van der Waals surface area contributed by atoms with Crippen LogP contribution in [0, 0.1) is 29.1 Å². The topological polar surface area (TPSA) is 26.3 Å². The van der Waals surface area contributed by atoms with Crippen molar-refractivity contribution >= 4 is 5.78 Å². The van der Waals surface area contributed by atoms with E-state index in [1.807, 2.05) is 13.8 Å². The molecule has 138 valence electrons. The highest BCUT2D eigenvalue weighted by Crippen LogP contribution is 2.60. The molecule has 0 heterocycles. The number of hydrogen-bond donors (Lipinski definition) is 0. The SMILES string of the molecule is C=C1CC2C3CC=C4C=C(OCC)CC[C@@H]4C3CC[C@]2(C)C1=O.CC. The number of allylic oxidation sites excluding steroid dienone is 5. The molecule has 4 aliphatic rings. The Bertz CT molecular complexity index is 612. The van der Waals surface area contributed by atoms with Gasteiger partial charge >= 0.3 is 0 Å². The lowest BCUT2D eigenvalue weighted by molar-refractivity contribution is -0.128. The van der Waals surface area contributed by atoms with E-state index in [1.54, 1.807) is 0 Å². The summed E-state index contributed by atoms with van der Waals surface area (Å²) >= 11 is 0. The molecule has 0 amide bonds. The molecule has 3 unspecified atom stereocenters. The molecule has 2 heteroatoms. The third-order valence-corrected chi connectivity index (χ3v) is 7.12. The Labute approximate surface area is 153 Å². The molecule has 0 bridgehead atoms. The van der Waals surface area contributed by atoms with E-state index in [-0.39, 0.29) is 5.41 Å². The van der Waals surface area contributed by atoms with Gasteiger partial charge in [-0.25, -0.2) is 0 Å². The van der Waals surface area contributed by atoms with Crippen LogP contribution in [0.3, 0.4) is 0 Å². The van der Waals surface area contributed by atoms with Gasteiger partial charge in [0, 0.05) is 11.8 Å². The first kappa shape index (κ1) is 18.5. The van der Waals surface area contributed by atoms with E-state index < -0.39 is 0 Å². The Morgan fingerprint density at radius 1 is 1.28 bits per heavy atom. The number of fused-ring (bicyclic) bond motifs is 5. The Morgan fingerprint density at radius 3 is 2.76 bits per heavy atom. The summed E-state index contributed by atoms with van der Waals surface area (Å²) < 4.78 is 5.75. The van der Waals surface area contributed by atoms with Crippen LogP contribution in [0.2, 0.25) is 0 Å². The summed E-state index contributed by atoms with van der Waals surface area (Å²) in [6, 6.07) is 0. The fraction of sp³-hybridized carbons (Fsp3) is 0.696. The number of hydrogen-bond acceptors (Lipinski definition) is 2. The third-order valence-electron chi connectivity index (χ3n) is 7.12. The van der Waals surface area contributed by atoms with E-state index in [1.165, 1.54) is 24.2 Å². The van der Waals surface area contributed by atoms with Gasteiger partial charge in [0.2, 0.25) is 0 Å². The van der Waals surface area contributed by atoms with Crippen molar-refractivity contribution in [2.45, 2.75) is 66.2 Å². The molecule has 2 fully saturated rings. The Hall–Kier alpha value is -1.31. The van der Waals surface area contributed by atoms with Gasteiger partial charge < -0.3 is 4.74 Å². The van der Waals surface area contributed by atoms with Gasteiger partial charge in [0.15, 0.2) is 5.78 Å². The lowest BCUT2D eigenvalue weighted by Gasteiger charge is -2.50.